The summed E-state index contributed by atoms with van der Waals surface area (Å²) < 4.78 is 1.92. The molecule has 0 fully saturated rings. The minimum absolute atomic E-state index is 0.176. The van der Waals surface area contributed by atoms with Gasteiger partial charge in [0.1, 0.15) is 0 Å². The van der Waals surface area contributed by atoms with Crippen molar-refractivity contribution in [2.75, 3.05) is 5.32 Å². The fourth-order valence-corrected chi connectivity index (χ4v) is 1.96. The summed E-state index contributed by atoms with van der Waals surface area (Å²) >= 11 is 0. The maximum absolute atomic E-state index is 11.8. The van der Waals surface area contributed by atoms with E-state index < -0.39 is 0 Å². The first-order valence-corrected chi connectivity index (χ1v) is 6.79. The molecule has 2 heterocycles. The first-order valence-electron chi connectivity index (χ1n) is 6.79. The van der Waals surface area contributed by atoms with Gasteiger partial charge >= 0.3 is 0 Å². The smallest absolute Gasteiger partial charge is 0.248 e. The zero-order valence-electron chi connectivity index (χ0n) is 11.8. The number of imidazole rings is 1. The van der Waals surface area contributed by atoms with Gasteiger partial charge in [-0.1, -0.05) is 12.1 Å². The molecule has 22 heavy (non-hydrogen) atoms. The molecule has 108 valence electrons. The van der Waals surface area contributed by atoms with Crippen molar-refractivity contribution in [2.24, 2.45) is 0 Å². The summed E-state index contributed by atoms with van der Waals surface area (Å²) in [4.78, 5) is 19.7. The second kappa shape index (κ2) is 6.49. The van der Waals surface area contributed by atoms with Crippen LogP contribution in [0.3, 0.4) is 0 Å². The Morgan fingerprint density at radius 1 is 1.00 bits per heavy atom. The number of rotatable bonds is 4. The maximum atomic E-state index is 11.8. The van der Waals surface area contributed by atoms with Crippen molar-refractivity contribution in [2.45, 2.75) is 0 Å². The Morgan fingerprint density at radius 3 is 2.45 bits per heavy atom. The minimum Gasteiger partial charge on any atom is -0.322 e. The molecule has 1 aromatic carbocycles. The summed E-state index contributed by atoms with van der Waals surface area (Å²) in [5.41, 5.74) is 2.70. The van der Waals surface area contributed by atoms with Gasteiger partial charge in [0.2, 0.25) is 5.91 Å². The first-order chi connectivity index (χ1) is 10.8. The second-order valence-electron chi connectivity index (χ2n) is 4.62. The van der Waals surface area contributed by atoms with E-state index in [0.29, 0.717) is 0 Å². The lowest BCUT2D eigenvalue weighted by Crippen LogP contribution is -2.07. The topological polar surface area (TPSA) is 59.8 Å². The molecular formula is C17H14N4O. The van der Waals surface area contributed by atoms with Gasteiger partial charge in [-0.2, -0.15) is 0 Å². The van der Waals surface area contributed by atoms with Gasteiger partial charge in [0, 0.05) is 42.2 Å². The molecule has 0 aliphatic rings. The summed E-state index contributed by atoms with van der Waals surface area (Å²) in [6.07, 6.45) is 11.9. The number of hydrogen-bond acceptors (Lipinski definition) is 3. The lowest BCUT2D eigenvalue weighted by molar-refractivity contribution is -0.111. The SMILES string of the molecule is O=C(C=Cc1ccc(-n2ccnc2)cc1)Nc1ccncc1. The third kappa shape index (κ3) is 3.46. The summed E-state index contributed by atoms with van der Waals surface area (Å²) in [5.74, 6) is -0.176. The summed E-state index contributed by atoms with van der Waals surface area (Å²) in [6, 6.07) is 11.3. The predicted molar refractivity (Wildman–Crippen MR) is 85.5 cm³/mol. The van der Waals surface area contributed by atoms with E-state index in [4.69, 9.17) is 0 Å². The number of carbonyl (C=O) groups excluding carboxylic acids is 1. The van der Waals surface area contributed by atoms with Gasteiger partial charge in [0.25, 0.3) is 0 Å². The molecule has 0 saturated heterocycles. The molecule has 0 unspecified atom stereocenters. The van der Waals surface area contributed by atoms with Crippen LogP contribution in [0.25, 0.3) is 11.8 Å². The van der Waals surface area contributed by atoms with Crippen LogP contribution in [-0.2, 0) is 4.79 Å². The van der Waals surface area contributed by atoms with Crippen molar-refractivity contribution in [3.63, 3.8) is 0 Å². The molecule has 2 aromatic heterocycles. The van der Waals surface area contributed by atoms with E-state index in [1.165, 1.54) is 6.08 Å². The van der Waals surface area contributed by atoms with Crippen LogP contribution in [-0.4, -0.2) is 20.4 Å². The highest BCUT2D eigenvalue weighted by Crippen LogP contribution is 2.10. The summed E-state index contributed by atoms with van der Waals surface area (Å²) in [7, 11) is 0. The Balaban J connectivity index is 1.64. The van der Waals surface area contributed by atoms with Crippen molar-refractivity contribution in [3.05, 3.63) is 79.2 Å². The minimum atomic E-state index is -0.176. The zero-order valence-corrected chi connectivity index (χ0v) is 11.8. The van der Waals surface area contributed by atoms with Gasteiger partial charge in [-0.3, -0.25) is 9.78 Å². The number of hydrogen-bond donors (Lipinski definition) is 1. The number of anilines is 1. The van der Waals surface area contributed by atoms with E-state index in [9.17, 15) is 4.79 Å². The van der Waals surface area contributed by atoms with Crippen molar-refractivity contribution in [1.29, 1.82) is 0 Å². The normalized spacial score (nSPS) is 10.7. The van der Waals surface area contributed by atoms with Gasteiger partial charge in [0.05, 0.1) is 6.33 Å². The van der Waals surface area contributed by atoms with E-state index in [0.717, 1.165) is 16.9 Å². The average molecular weight is 290 g/mol. The molecule has 0 bridgehead atoms. The van der Waals surface area contributed by atoms with Crippen molar-refractivity contribution < 1.29 is 4.79 Å². The number of benzene rings is 1. The first kappa shape index (κ1) is 13.8. The number of nitrogens with zero attached hydrogens (tertiary/aromatic N) is 3. The monoisotopic (exact) mass is 290 g/mol. The third-order valence-electron chi connectivity index (χ3n) is 3.07. The molecular weight excluding hydrogens is 276 g/mol. The van der Waals surface area contributed by atoms with Crippen LogP contribution in [0.15, 0.2) is 73.6 Å². The number of amides is 1. The van der Waals surface area contributed by atoms with Crippen LogP contribution in [0.1, 0.15) is 5.56 Å². The van der Waals surface area contributed by atoms with E-state index in [2.05, 4.69) is 15.3 Å². The summed E-state index contributed by atoms with van der Waals surface area (Å²) in [5, 5.41) is 2.77. The highest BCUT2D eigenvalue weighted by molar-refractivity contribution is 6.01. The van der Waals surface area contributed by atoms with Crippen molar-refractivity contribution in [3.8, 4) is 5.69 Å². The Hall–Kier alpha value is -3.21. The van der Waals surface area contributed by atoms with Crippen molar-refractivity contribution in [1.82, 2.24) is 14.5 Å². The number of aromatic nitrogens is 3. The Morgan fingerprint density at radius 2 is 1.77 bits per heavy atom. The fourth-order valence-electron chi connectivity index (χ4n) is 1.96. The molecule has 0 spiro atoms. The standard InChI is InChI=1S/C17H14N4O/c22-17(20-15-7-9-18-10-8-15)6-3-14-1-4-16(5-2-14)21-12-11-19-13-21/h1-13H,(H,18,20,22). The summed E-state index contributed by atoms with van der Waals surface area (Å²) in [6.45, 7) is 0. The second-order valence-corrected chi connectivity index (χ2v) is 4.62. The van der Waals surface area contributed by atoms with Crippen molar-refractivity contribution >= 4 is 17.7 Å². The van der Waals surface area contributed by atoms with Gasteiger partial charge in [-0.05, 0) is 35.9 Å². The number of pyridine rings is 1. The Labute approximate surface area is 128 Å². The quantitative estimate of drug-likeness (QED) is 0.752. The largest absolute Gasteiger partial charge is 0.322 e. The van der Waals surface area contributed by atoms with E-state index >= 15 is 0 Å². The highest BCUT2D eigenvalue weighted by Gasteiger charge is 1.98. The Bertz CT molecular complexity index is 762. The molecule has 0 saturated carbocycles. The van der Waals surface area contributed by atoms with E-state index in [1.807, 2.05) is 35.0 Å². The van der Waals surface area contributed by atoms with Crippen LogP contribution in [0.2, 0.25) is 0 Å². The maximum Gasteiger partial charge on any atom is 0.248 e. The number of nitrogens with one attached hydrogen (secondary N) is 1. The average Bonchev–Trinajstić information content (AvgIpc) is 3.09. The highest BCUT2D eigenvalue weighted by atomic mass is 16.1. The van der Waals surface area contributed by atoms with Crippen LogP contribution >= 0.6 is 0 Å². The Kier molecular flexibility index (Phi) is 4.06. The molecule has 3 aromatic rings. The molecule has 1 amide bonds. The predicted octanol–water partition coefficient (Wildman–Crippen LogP) is 2.92. The van der Waals surface area contributed by atoms with Crippen LogP contribution in [0.4, 0.5) is 5.69 Å². The fraction of sp³-hybridized carbons (Fsp3) is 0. The lowest BCUT2D eigenvalue weighted by Gasteiger charge is -2.02. The van der Waals surface area contributed by atoms with Gasteiger partial charge in [-0.25, -0.2) is 4.98 Å². The molecule has 3 rings (SSSR count). The van der Waals surface area contributed by atoms with Crippen LogP contribution < -0.4 is 5.32 Å². The molecule has 0 aliphatic carbocycles. The molecule has 0 aliphatic heterocycles. The molecule has 1 N–H and O–H groups in total. The van der Waals surface area contributed by atoms with Crippen LogP contribution in [0.5, 0.6) is 0 Å². The molecule has 5 heteroatoms. The van der Waals surface area contributed by atoms with Crippen LogP contribution in [0, 0.1) is 0 Å². The van der Waals surface area contributed by atoms with E-state index in [-0.39, 0.29) is 5.91 Å². The lowest BCUT2D eigenvalue weighted by atomic mass is 10.2. The molecule has 0 atom stereocenters. The van der Waals surface area contributed by atoms with Gasteiger partial charge in [-0.15, -0.1) is 0 Å². The third-order valence-corrected chi connectivity index (χ3v) is 3.07. The van der Waals surface area contributed by atoms with Gasteiger partial charge in [0.15, 0.2) is 0 Å². The van der Waals surface area contributed by atoms with Gasteiger partial charge < -0.3 is 9.88 Å². The van der Waals surface area contributed by atoms with E-state index in [1.54, 1.807) is 43.1 Å². The zero-order chi connectivity index (χ0) is 15.2. The molecule has 0 radical (unpaired) electrons. The number of carbonyl (C=O) groups is 1. The molecule has 5 nitrogen and oxygen atoms in total.